The Hall–Kier alpha value is -4.25. The topological polar surface area (TPSA) is 142 Å². The minimum atomic E-state index is -2.78. The third-order valence-electron chi connectivity index (χ3n) is 5.24. The highest BCUT2D eigenvalue weighted by molar-refractivity contribution is 5.77. The van der Waals surface area contributed by atoms with Crippen LogP contribution in [0.2, 0.25) is 0 Å². The van der Waals surface area contributed by atoms with Crippen LogP contribution in [-0.4, -0.2) is 72.6 Å². The van der Waals surface area contributed by atoms with Crippen LogP contribution in [0.15, 0.2) is 36.9 Å². The molecular formula is C21H19F3N8O3. The lowest BCUT2D eigenvalue weighted by atomic mass is 10.0. The molecule has 1 aromatic carbocycles. The van der Waals surface area contributed by atoms with Crippen molar-refractivity contribution in [1.82, 2.24) is 29.6 Å². The predicted molar refractivity (Wildman–Crippen MR) is 114 cm³/mol. The molecule has 2 atom stereocenters. The van der Waals surface area contributed by atoms with Crippen molar-refractivity contribution in [2.75, 3.05) is 25.0 Å². The Morgan fingerprint density at radius 3 is 2.89 bits per heavy atom. The molecular weight excluding hydrogens is 469 g/mol. The van der Waals surface area contributed by atoms with Crippen LogP contribution in [0.3, 0.4) is 0 Å². The molecule has 1 fully saturated rings. The van der Waals surface area contributed by atoms with Gasteiger partial charge < -0.3 is 20.1 Å². The van der Waals surface area contributed by atoms with Gasteiger partial charge >= 0.3 is 6.55 Å². The highest BCUT2D eigenvalue weighted by Gasteiger charge is 2.33. The van der Waals surface area contributed by atoms with Crippen LogP contribution < -0.4 is 10.1 Å². The number of nitrogens with zero attached hydrogens (tertiary/aromatic N) is 7. The Bertz CT molecular complexity index is 1250. The van der Waals surface area contributed by atoms with Gasteiger partial charge in [0.25, 0.3) is 0 Å². The SMILES string of the molecule is N#Cc1cc(-c2ncnc(Nc3cnn(C(F)F)c3)n2)ccc1O[C@H]1CCN(C(=O)CO)C[C@@H]1F. The molecule has 4 rings (SSSR count). The molecule has 11 nitrogen and oxygen atoms in total. The molecule has 1 aliphatic heterocycles. The molecule has 14 heteroatoms. The van der Waals surface area contributed by atoms with Gasteiger partial charge in [0, 0.05) is 18.5 Å². The van der Waals surface area contributed by atoms with Crippen LogP contribution in [0.5, 0.6) is 5.75 Å². The summed E-state index contributed by atoms with van der Waals surface area (Å²) in [7, 11) is 0. The zero-order valence-electron chi connectivity index (χ0n) is 18.1. The summed E-state index contributed by atoms with van der Waals surface area (Å²) in [5.74, 6) is -0.113. The number of nitriles is 1. The first-order valence-corrected chi connectivity index (χ1v) is 10.4. The van der Waals surface area contributed by atoms with Crippen molar-refractivity contribution in [3.05, 3.63) is 42.5 Å². The van der Waals surface area contributed by atoms with E-state index in [0.29, 0.717) is 10.2 Å². The van der Waals surface area contributed by atoms with Gasteiger partial charge in [0.15, 0.2) is 12.0 Å². The van der Waals surface area contributed by atoms with Gasteiger partial charge in [-0.15, -0.1) is 0 Å². The Labute approximate surface area is 196 Å². The van der Waals surface area contributed by atoms with Crippen molar-refractivity contribution >= 4 is 17.5 Å². The Morgan fingerprint density at radius 2 is 2.20 bits per heavy atom. The number of nitrogens with one attached hydrogen (secondary N) is 1. The number of likely N-dealkylation sites (tertiary alicyclic amines) is 1. The maximum atomic E-state index is 14.6. The second-order valence-electron chi connectivity index (χ2n) is 7.53. The van der Waals surface area contributed by atoms with Crippen LogP contribution in [0.25, 0.3) is 11.4 Å². The van der Waals surface area contributed by atoms with Gasteiger partial charge in [0.1, 0.15) is 30.9 Å². The number of carbonyl (C=O) groups excluding carboxylic acids is 1. The largest absolute Gasteiger partial charge is 0.486 e. The van der Waals surface area contributed by atoms with Gasteiger partial charge in [-0.1, -0.05) is 0 Å². The Balaban J connectivity index is 1.48. The second kappa shape index (κ2) is 10.3. The number of halogens is 3. The maximum Gasteiger partial charge on any atom is 0.333 e. The molecule has 2 N–H and O–H groups in total. The fraction of sp³-hybridized carbons (Fsp3) is 0.333. The number of aliphatic hydroxyl groups excluding tert-OH is 1. The van der Waals surface area contributed by atoms with Crippen LogP contribution >= 0.6 is 0 Å². The lowest BCUT2D eigenvalue weighted by Gasteiger charge is -2.34. The van der Waals surface area contributed by atoms with E-state index in [-0.39, 0.29) is 48.3 Å². The smallest absolute Gasteiger partial charge is 0.333 e. The summed E-state index contributed by atoms with van der Waals surface area (Å²) in [4.78, 5) is 25.1. The van der Waals surface area contributed by atoms with Crippen LogP contribution in [-0.2, 0) is 4.79 Å². The van der Waals surface area contributed by atoms with Gasteiger partial charge in [0.05, 0.1) is 30.2 Å². The fourth-order valence-corrected chi connectivity index (χ4v) is 3.50. The minimum Gasteiger partial charge on any atom is -0.486 e. The number of carbonyl (C=O) groups is 1. The predicted octanol–water partition coefficient (Wildman–Crippen LogP) is 2.06. The zero-order valence-corrected chi connectivity index (χ0v) is 18.1. The summed E-state index contributed by atoms with van der Waals surface area (Å²) in [6.45, 7) is -3.46. The van der Waals surface area contributed by atoms with Crippen molar-refractivity contribution in [2.24, 2.45) is 0 Å². The first kappa shape index (κ1) is 23.9. The molecule has 0 spiro atoms. The van der Waals surface area contributed by atoms with E-state index in [2.05, 4.69) is 25.4 Å². The van der Waals surface area contributed by atoms with Crippen molar-refractivity contribution in [2.45, 2.75) is 25.2 Å². The molecule has 3 heterocycles. The normalized spacial score (nSPS) is 17.8. The number of hydrogen-bond acceptors (Lipinski definition) is 9. The van der Waals surface area contributed by atoms with E-state index in [1.54, 1.807) is 6.07 Å². The first-order chi connectivity index (χ1) is 16.9. The highest BCUT2D eigenvalue weighted by Crippen LogP contribution is 2.28. The lowest BCUT2D eigenvalue weighted by molar-refractivity contribution is -0.138. The van der Waals surface area contributed by atoms with Crippen LogP contribution in [0.1, 0.15) is 18.5 Å². The summed E-state index contributed by atoms with van der Waals surface area (Å²) < 4.78 is 46.2. The van der Waals surface area contributed by atoms with E-state index in [1.165, 1.54) is 29.6 Å². The summed E-state index contributed by atoms with van der Waals surface area (Å²) in [5.41, 5.74) is 0.816. The number of ether oxygens (including phenoxy) is 1. The molecule has 3 aromatic rings. The van der Waals surface area contributed by atoms with Gasteiger partial charge in [-0.3, -0.25) is 4.79 Å². The number of anilines is 2. The Morgan fingerprint density at radius 1 is 1.37 bits per heavy atom. The number of alkyl halides is 3. The first-order valence-electron chi connectivity index (χ1n) is 10.4. The van der Waals surface area contributed by atoms with Gasteiger partial charge in [-0.25, -0.2) is 19.0 Å². The van der Waals surface area contributed by atoms with E-state index >= 15 is 0 Å². The van der Waals surface area contributed by atoms with E-state index < -0.39 is 31.3 Å². The van der Waals surface area contributed by atoms with Crippen LogP contribution in [0, 0.1) is 11.3 Å². The molecule has 1 saturated heterocycles. The standard InChI is InChI=1S/C21H19F3N8O3/c22-15-9-31(18(34)10-33)4-3-17(15)35-16-2-1-12(5-13(16)6-25)19-26-11-27-21(30-19)29-14-7-28-32(8-14)20(23)24/h1-2,5,7-8,11,15,17,20,33H,3-4,9-10H2,(H,26,27,29,30)/t15-,17-/m0/s1. The zero-order chi connectivity index (χ0) is 24.9. The highest BCUT2D eigenvalue weighted by atomic mass is 19.3. The van der Waals surface area contributed by atoms with E-state index in [9.17, 15) is 23.2 Å². The molecule has 0 aliphatic carbocycles. The second-order valence-corrected chi connectivity index (χ2v) is 7.53. The van der Waals surface area contributed by atoms with Crippen molar-refractivity contribution in [3.63, 3.8) is 0 Å². The van der Waals surface area contributed by atoms with E-state index in [1.807, 2.05) is 6.07 Å². The maximum absolute atomic E-state index is 14.6. The lowest BCUT2D eigenvalue weighted by Crippen LogP contribution is -2.50. The van der Waals surface area contributed by atoms with Gasteiger partial charge in [-0.05, 0) is 18.2 Å². The molecule has 35 heavy (non-hydrogen) atoms. The molecule has 1 aliphatic rings. The molecule has 0 unspecified atom stereocenters. The number of amides is 1. The summed E-state index contributed by atoms with van der Waals surface area (Å²) in [6.07, 6.45) is 1.35. The fourth-order valence-electron chi connectivity index (χ4n) is 3.50. The van der Waals surface area contributed by atoms with Crippen LogP contribution in [0.4, 0.5) is 24.8 Å². The number of piperidine rings is 1. The molecule has 0 bridgehead atoms. The molecule has 0 radical (unpaired) electrons. The summed E-state index contributed by atoms with van der Waals surface area (Å²) >= 11 is 0. The average molecular weight is 488 g/mol. The van der Waals surface area contributed by atoms with E-state index in [4.69, 9.17) is 9.84 Å². The quantitative estimate of drug-likeness (QED) is 0.511. The molecule has 182 valence electrons. The number of aromatic nitrogens is 5. The van der Waals surface area contributed by atoms with E-state index in [0.717, 1.165) is 6.20 Å². The number of hydrogen-bond donors (Lipinski definition) is 2. The number of aliphatic hydroxyl groups is 1. The monoisotopic (exact) mass is 488 g/mol. The van der Waals surface area contributed by atoms with Gasteiger partial charge in [-0.2, -0.15) is 24.1 Å². The Kier molecular flexibility index (Phi) is 7.06. The number of rotatable bonds is 7. The molecule has 1 amide bonds. The molecule has 0 saturated carbocycles. The minimum absolute atomic E-state index is 0.0760. The number of benzene rings is 1. The summed E-state index contributed by atoms with van der Waals surface area (Å²) in [6, 6.07) is 6.55. The van der Waals surface area contributed by atoms with Gasteiger partial charge in [0.2, 0.25) is 11.9 Å². The summed E-state index contributed by atoms with van der Waals surface area (Å²) in [5, 5.41) is 24.8. The third-order valence-corrected chi connectivity index (χ3v) is 5.24. The average Bonchev–Trinajstić information content (AvgIpc) is 3.34. The van der Waals surface area contributed by atoms with Crippen molar-refractivity contribution in [3.8, 4) is 23.2 Å². The van der Waals surface area contributed by atoms with Crippen molar-refractivity contribution < 1.29 is 27.8 Å². The molecule has 2 aromatic heterocycles. The van der Waals surface area contributed by atoms with Crippen molar-refractivity contribution in [1.29, 1.82) is 5.26 Å². The third kappa shape index (κ3) is 5.46.